The molecule has 4 nitrogen and oxygen atoms in total. The smallest absolute Gasteiger partial charge is 0.147 e. The van der Waals surface area contributed by atoms with E-state index in [9.17, 15) is 8.42 Å². The first kappa shape index (κ1) is 16.9. The van der Waals surface area contributed by atoms with E-state index in [4.69, 9.17) is 4.74 Å². The molecule has 1 heterocycles. The van der Waals surface area contributed by atoms with Crippen molar-refractivity contribution in [3.05, 3.63) is 0 Å². The van der Waals surface area contributed by atoms with E-state index in [-0.39, 0.29) is 0 Å². The van der Waals surface area contributed by atoms with E-state index in [1.807, 2.05) is 0 Å². The van der Waals surface area contributed by atoms with Crippen LogP contribution in [0.2, 0.25) is 0 Å². The van der Waals surface area contributed by atoms with E-state index in [0.29, 0.717) is 17.9 Å². The summed E-state index contributed by atoms with van der Waals surface area (Å²) < 4.78 is 28.1. The second-order valence-electron chi connectivity index (χ2n) is 5.65. The average molecular weight is 291 g/mol. The van der Waals surface area contributed by atoms with Gasteiger partial charge in [0.15, 0.2) is 0 Å². The van der Waals surface area contributed by atoms with E-state index < -0.39 is 9.84 Å². The van der Waals surface area contributed by atoms with Crippen molar-refractivity contribution >= 4 is 9.84 Å². The molecule has 0 aromatic rings. The molecule has 19 heavy (non-hydrogen) atoms. The van der Waals surface area contributed by atoms with Crippen LogP contribution >= 0.6 is 0 Å². The van der Waals surface area contributed by atoms with Gasteiger partial charge in [0, 0.05) is 24.7 Å². The van der Waals surface area contributed by atoms with Crippen molar-refractivity contribution in [1.82, 2.24) is 5.32 Å². The van der Waals surface area contributed by atoms with Crippen LogP contribution < -0.4 is 5.32 Å². The quantitative estimate of drug-likeness (QED) is 0.707. The lowest BCUT2D eigenvalue weighted by Crippen LogP contribution is -2.35. The normalized spacial score (nSPS) is 22.3. The fraction of sp³-hybridized carbons (Fsp3) is 1.00. The van der Waals surface area contributed by atoms with Crippen LogP contribution in [0.4, 0.5) is 0 Å². The highest BCUT2D eigenvalue weighted by Gasteiger charge is 2.19. The van der Waals surface area contributed by atoms with E-state index in [1.54, 1.807) is 0 Å². The maximum atomic E-state index is 11.2. The highest BCUT2D eigenvalue weighted by Crippen LogP contribution is 2.19. The molecule has 1 aliphatic rings. The third kappa shape index (κ3) is 8.60. The summed E-state index contributed by atoms with van der Waals surface area (Å²) >= 11 is 0. The first-order valence-corrected chi connectivity index (χ1v) is 9.60. The maximum absolute atomic E-state index is 11.2. The summed E-state index contributed by atoms with van der Waals surface area (Å²) in [7, 11) is -2.83. The zero-order valence-corrected chi connectivity index (χ0v) is 13.2. The van der Waals surface area contributed by atoms with E-state index in [2.05, 4.69) is 12.2 Å². The summed E-state index contributed by atoms with van der Waals surface area (Å²) in [5.74, 6) is 0.294. The molecule has 1 aliphatic heterocycles. The van der Waals surface area contributed by atoms with Crippen LogP contribution in [-0.2, 0) is 14.6 Å². The highest BCUT2D eigenvalue weighted by atomic mass is 32.2. The Bertz CT molecular complexity index is 324. The van der Waals surface area contributed by atoms with Gasteiger partial charge in [0.2, 0.25) is 0 Å². The van der Waals surface area contributed by atoms with E-state index in [0.717, 1.165) is 45.3 Å². The molecule has 0 aromatic carbocycles. The minimum absolute atomic E-state index is 0.294. The Morgan fingerprint density at radius 3 is 2.74 bits per heavy atom. The Hall–Kier alpha value is -0.130. The van der Waals surface area contributed by atoms with Crippen molar-refractivity contribution in [1.29, 1.82) is 0 Å². The van der Waals surface area contributed by atoms with Gasteiger partial charge in [0.1, 0.15) is 9.84 Å². The number of ether oxygens (including phenoxy) is 1. The molecule has 0 saturated carbocycles. The van der Waals surface area contributed by atoms with Gasteiger partial charge >= 0.3 is 0 Å². The third-order valence-corrected chi connectivity index (χ3v) is 4.60. The van der Waals surface area contributed by atoms with Gasteiger partial charge in [0.05, 0.1) is 6.10 Å². The molecule has 1 fully saturated rings. The van der Waals surface area contributed by atoms with Gasteiger partial charge in [-0.15, -0.1) is 0 Å². The summed E-state index contributed by atoms with van der Waals surface area (Å²) in [6, 6.07) is 0.393. The van der Waals surface area contributed by atoms with Crippen LogP contribution in [0.25, 0.3) is 0 Å². The Labute approximate surface area is 118 Å². The number of hydrogen-bond acceptors (Lipinski definition) is 4. The van der Waals surface area contributed by atoms with Gasteiger partial charge in [0.25, 0.3) is 0 Å². The average Bonchev–Trinajstić information content (AvgIpc) is 2.35. The van der Waals surface area contributed by atoms with Gasteiger partial charge in [-0.05, 0) is 51.5 Å². The predicted octanol–water partition coefficient (Wildman–Crippen LogP) is 2.14. The van der Waals surface area contributed by atoms with E-state index in [1.165, 1.54) is 19.1 Å². The van der Waals surface area contributed by atoms with Crippen molar-refractivity contribution in [2.75, 3.05) is 25.2 Å². The molecule has 0 amide bonds. The minimum atomic E-state index is -2.83. The Morgan fingerprint density at radius 1 is 1.37 bits per heavy atom. The number of hydrogen-bond donors (Lipinski definition) is 1. The van der Waals surface area contributed by atoms with Crippen LogP contribution in [0.5, 0.6) is 0 Å². The van der Waals surface area contributed by atoms with Crippen LogP contribution in [-0.4, -0.2) is 45.7 Å². The summed E-state index contributed by atoms with van der Waals surface area (Å²) in [6.07, 6.45) is 9.05. The van der Waals surface area contributed by atoms with Crippen LogP contribution in [0.3, 0.4) is 0 Å². The Balaban J connectivity index is 2.32. The van der Waals surface area contributed by atoms with Crippen molar-refractivity contribution < 1.29 is 13.2 Å². The number of sulfone groups is 1. The lowest BCUT2D eigenvalue weighted by Gasteiger charge is -2.27. The van der Waals surface area contributed by atoms with Gasteiger partial charge < -0.3 is 10.1 Å². The molecular weight excluding hydrogens is 262 g/mol. The van der Waals surface area contributed by atoms with Crippen molar-refractivity contribution in [2.24, 2.45) is 0 Å². The van der Waals surface area contributed by atoms with Gasteiger partial charge in [-0.1, -0.05) is 6.92 Å². The number of rotatable bonds is 9. The zero-order chi connectivity index (χ0) is 14.1. The maximum Gasteiger partial charge on any atom is 0.147 e. The van der Waals surface area contributed by atoms with E-state index >= 15 is 0 Å². The second-order valence-corrected chi connectivity index (χ2v) is 7.91. The molecule has 1 N–H and O–H groups in total. The summed E-state index contributed by atoms with van der Waals surface area (Å²) in [5.41, 5.74) is 0. The predicted molar refractivity (Wildman–Crippen MR) is 79.2 cm³/mol. The van der Waals surface area contributed by atoms with Crippen molar-refractivity contribution in [3.63, 3.8) is 0 Å². The SMILES string of the molecule is CCCNC(CCCS(C)(=O)=O)CC1CCCCO1. The Kier molecular flexibility index (Phi) is 7.95. The van der Waals surface area contributed by atoms with Gasteiger partial charge in [-0.2, -0.15) is 0 Å². The van der Waals surface area contributed by atoms with Crippen LogP contribution in [0.1, 0.15) is 51.9 Å². The van der Waals surface area contributed by atoms with Crippen LogP contribution in [0.15, 0.2) is 0 Å². The summed E-state index contributed by atoms with van der Waals surface area (Å²) in [4.78, 5) is 0. The lowest BCUT2D eigenvalue weighted by molar-refractivity contribution is 0.00470. The van der Waals surface area contributed by atoms with Crippen molar-refractivity contribution in [2.45, 2.75) is 64.0 Å². The molecule has 0 spiro atoms. The zero-order valence-electron chi connectivity index (χ0n) is 12.4. The molecule has 2 atom stereocenters. The molecule has 114 valence electrons. The molecule has 0 bridgehead atoms. The molecule has 2 unspecified atom stereocenters. The minimum Gasteiger partial charge on any atom is -0.378 e. The molecule has 1 rings (SSSR count). The molecular formula is C14H29NO3S. The fourth-order valence-electron chi connectivity index (χ4n) is 2.55. The van der Waals surface area contributed by atoms with Gasteiger partial charge in [-0.3, -0.25) is 0 Å². The topological polar surface area (TPSA) is 55.4 Å². The van der Waals surface area contributed by atoms with Gasteiger partial charge in [-0.25, -0.2) is 8.42 Å². The molecule has 0 aromatic heterocycles. The van der Waals surface area contributed by atoms with Crippen molar-refractivity contribution in [3.8, 4) is 0 Å². The highest BCUT2D eigenvalue weighted by molar-refractivity contribution is 7.90. The Morgan fingerprint density at radius 2 is 2.16 bits per heavy atom. The lowest BCUT2D eigenvalue weighted by atomic mass is 9.99. The second kappa shape index (κ2) is 8.93. The molecule has 5 heteroatoms. The monoisotopic (exact) mass is 291 g/mol. The first-order chi connectivity index (χ1) is 9.01. The molecule has 0 aliphatic carbocycles. The fourth-order valence-corrected chi connectivity index (χ4v) is 3.25. The largest absolute Gasteiger partial charge is 0.378 e. The standard InChI is InChI=1S/C14H29NO3S/c1-3-9-15-13(7-6-11-19(2,16)17)12-14-8-4-5-10-18-14/h13-15H,3-12H2,1-2H3. The van der Waals surface area contributed by atoms with Crippen LogP contribution in [0, 0.1) is 0 Å². The third-order valence-electron chi connectivity index (χ3n) is 3.57. The number of nitrogens with one attached hydrogen (secondary N) is 1. The molecule has 1 saturated heterocycles. The summed E-state index contributed by atoms with van der Waals surface area (Å²) in [5, 5.41) is 3.53. The summed E-state index contributed by atoms with van der Waals surface area (Å²) in [6.45, 7) is 4.03. The molecule has 0 radical (unpaired) electrons. The first-order valence-electron chi connectivity index (χ1n) is 7.54.